The largest absolute Gasteiger partial charge is 0.328 e. The molecule has 0 radical (unpaired) electrons. The molecule has 0 saturated heterocycles. The summed E-state index contributed by atoms with van der Waals surface area (Å²) < 4.78 is 0. The van der Waals surface area contributed by atoms with E-state index in [0.717, 1.165) is 24.6 Å². The van der Waals surface area contributed by atoms with Crippen LogP contribution in [0.1, 0.15) is 0 Å². The number of dihydropyridines is 1. The van der Waals surface area contributed by atoms with Gasteiger partial charge in [0.15, 0.2) is 6.17 Å². The van der Waals surface area contributed by atoms with Gasteiger partial charge in [-0.25, -0.2) is 4.98 Å². The van der Waals surface area contributed by atoms with Gasteiger partial charge in [-0.15, -0.1) is 0 Å². The molecule has 16 heavy (non-hydrogen) atoms. The predicted octanol–water partition coefficient (Wildman–Crippen LogP) is 1.31. The Labute approximate surface area is 94.1 Å². The van der Waals surface area contributed by atoms with Gasteiger partial charge in [0, 0.05) is 19.0 Å². The fraction of sp³-hybridized carbons (Fsp3) is 0.250. The van der Waals surface area contributed by atoms with Crippen molar-refractivity contribution in [3.63, 3.8) is 0 Å². The van der Waals surface area contributed by atoms with E-state index < -0.39 is 0 Å². The summed E-state index contributed by atoms with van der Waals surface area (Å²) >= 11 is 0. The summed E-state index contributed by atoms with van der Waals surface area (Å²) in [4.78, 5) is 15.5. The first-order valence-corrected chi connectivity index (χ1v) is 5.37. The standard InChI is InChI=1S/C12H12N4/c1-2-6-14-11(5-1)16-9-8-13-10-4-3-7-15-12(10)16/h1-7,12H,8-9H2. The zero-order chi connectivity index (χ0) is 10.8. The summed E-state index contributed by atoms with van der Waals surface area (Å²) in [6.45, 7) is 1.68. The lowest BCUT2D eigenvalue weighted by Crippen LogP contribution is -2.45. The first-order valence-electron chi connectivity index (χ1n) is 5.37. The molecule has 2 aliphatic heterocycles. The van der Waals surface area contributed by atoms with E-state index in [-0.39, 0.29) is 6.17 Å². The van der Waals surface area contributed by atoms with E-state index in [1.165, 1.54) is 0 Å². The van der Waals surface area contributed by atoms with Gasteiger partial charge in [-0.3, -0.25) is 9.98 Å². The third-order valence-electron chi connectivity index (χ3n) is 2.72. The third kappa shape index (κ3) is 1.52. The molecular weight excluding hydrogens is 200 g/mol. The van der Waals surface area contributed by atoms with Crippen LogP contribution in [0.3, 0.4) is 0 Å². The van der Waals surface area contributed by atoms with Crippen LogP contribution >= 0.6 is 0 Å². The van der Waals surface area contributed by atoms with Crippen molar-refractivity contribution in [2.24, 2.45) is 9.98 Å². The summed E-state index contributed by atoms with van der Waals surface area (Å²) in [7, 11) is 0. The number of rotatable bonds is 1. The molecule has 1 atom stereocenters. The quantitative estimate of drug-likeness (QED) is 0.704. The maximum Gasteiger partial charge on any atom is 0.164 e. The number of hydrogen-bond acceptors (Lipinski definition) is 4. The lowest BCUT2D eigenvalue weighted by molar-refractivity contribution is 0.695. The van der Waals surface area contributed by atoms with Crippen LogP contribution in [-0.2, 0) is 0 Å². The van der Waals surface area contributed by atoms with E-state index in [1.54, 1.807) is 0 Å². The molecule has 0 spiro atoms. The lowest BCUT2D eigenvalue weighted by Gasteiger charge is -2.33. The number of aromatic nitrogens is 1. The minimum absolute atomic E-state index is 0.00801. The van der Waals surface area contributed by atoms with E-state index in [9.17, 15) is 0 Å². The van der Waals surface area contributed by atoms with Crippen molar-refractivity contribution in [2.75, 3.05) is 18.0 Å². The number of nitrogens with zero attached hydrogens (tertiary/aromatic N) is 4. The molecule has 4 heteroatoms. The van der Waals surface area contributed by atoms with Crippen molar-refractivity contribution in [3.8, 4) is 0 Å². The van der Waals surface area contributed by atoms with Gasteiger partial charge in [0.05, 0.1) is 12.3 Å². The Morgan fingerprint density at radius 1 is 1.31 bits per heavy atom. The van der Waals surface area contributed by atoms with Crippen molar-refractivity contribution in [2.45, 2.75) is 6.17 Å². The Bertz CT molecular complexity index is 461. The van der Waals surface area contributed by atoms with E-state index in [4.69, 9.17) is 0 Å². The molecule has 0 N–H and O–H groups in total. The Kier molecular flexibility index (Phi) is 2.25. The molecule has 0 saturated carbocycles. The first-order chi connectivity index (χ1) is 7.95. The maximum atomic E-state index is 4.47. The first kappa shape index (κ1) is 9.27. The lowest BCUT2D eigenvalue weighted by atomic mass is 10.1. The van der Waals surface area contributed by atoms with E-state index in [1.807, 2.05) is 42.8 Å². The van der Waals surface area contributed by atoms with E-state index >= 15 is 0 Å². The number of aliphatic imine (C=N–C) groups is 2. The number of hydrogen-bond donors (Lipinski definition) is 0. The van der Waals surface area contributed by atoms with Crippen molar-refractivity contribution >= 4 is 17.7 Å². The van der Waals surface area contributed by atoms with Gasteiger partial charge in [-0.1, -0.05) is 6.07 Å². The minimum Gasteiger partial charge on any atom is -0.328 e. The van der Waals surface area contributed by atoms with Gasteiger partial charge in [0.1, 0.15) is 5.82 Å². The van der Waals surface area contributed by atoms with Crippen molar-refractivity contribution in [1.82, 2.24) is 4.98 Å². The van der Waals surface area contributed by atoms with E-state index in [2.05, 4.69) is 19.9 Å². The summed E-state index contributed by atoms with van der Waals surface area (Å²) in [5.74, 6) is 0.965. The van der Waals surface area contributed by atoms with Gasteiger partial charge < -0.3 is 4.90 Å². The molecule has 0 aromatic carbocycles. The monoisotopic (exact) mass is 212 g/mol. The number of allylic oxidation sites excluding steroid dienone is 1. The average molecular weight is 212 g/mol. The molecule has 1 aromatic rings. The zero-order valence-electron chi connectivity index (χ0n) is 8.82. The van der Waals surface area contributed by atoms with Crippen LogP contribution in [0.2, 0.25) is 0 Å². The van der Waals surface area contributed by atoms with Gasteiger partial charge >= 0.3 is 0 Å². The van der Waals surface area contributed by atoms with Crippen molar-refractivity contribution in [3.05, 3.63) is 36.5 Å². The molecule has 4 nitrogen and oxygen atoms in total. The van der Waals surface area contributed by atoms with Crippen LogP contribution < -0.4 is 4.90 Å². The molecule has 3 rings (SSSR count). The fourth-order valence-electron chi connectivity index (χ4n) is 1.98. The third-order valence-corrected chi connectivity index (χ3v) is 2.72. The van der Waals surface area contributed by atoms with E-state index in [0.29, 0.717) is 0 Å². The Morgan fingerprint density at radius 3 is 3.19 bits per heavy atom. The summed E-state index contributed by atoms with van der Waals surface area (Å²) in [5.41, 5.74) is 1.03. The second-order valence-corrected chi connectivity index (χ2v) is 3.72. The molecule has 0 amide bonds. The highest BCUT2D eigenvalue weighted by molar-refractivity contribution is 6.06. The van der Waals surface area contributed by atoms with Gasteiger partial charge in [0.25, 0.3) is 0 Å². The SMILES string of the molecule is C1=CC2=NCCN(c3ccccn3)C2N=C1. The van der Waals surface area contributed by atoms with Gasteiger partial charge in [-0.05, 0) is 24.3 Å². The molecule has 1 aromatic heterocycles. The molecule has 0 fully saturated rings. The number of anilines is 1. The summed E-state index contributed by atoms with van der Waals surface area (Å²) in [6, 6.07) is 5.93. The van der Waals surface area contributed by atoms with Crippen molar-refractivity contribution < 1.29 is 0 Å². The van der Waals surface area contributed by atoms with Crippen LogP contribution in [0.15, 0.2) is 46.5 Å². The number of fused-ring (bicyclic) bond motifs is 1. The second-order valence-electron chi connectivity index (χ2n) is 3.72. The van der Waals surface area contributed by atoms with Crippen LogP contribution in [0.4, 0.5) is 5.82 Å². The zero-order valence-corrected chi connectivity index (χ0v) is 8.82. The molecule has 3 heterocycles. The maximum absolute atomic E-state index is 4.47. The molecule has 1 unspecified atom stereocenters. The highest BCUT2D eigenvalue weighted by atomic mass is 15.3. The van der Waals surface area contributed by atoms with Crippen LogP contribution in [0.25, 0.3) is 0 Å². The fourth-order valence-corrected chi connectivity index (χ4v) is 1.98. The molecule has 2 aliphatic rings. The van der Waals surface area contributed by atoms with Gasteiger partial charge in [-0.2, -0.15) is 0 Å². The smallest absolute Gasteiger partial charge is 0.164 e. The highest BCUT2D eigenvalue weighted by Gasteiger charge is 2.26. The van der Waals surface area contributed by atoms with Crippen LogP contribution in [-0.4, -0.2) is 36.2 Å². The van der Waals surface area contributed by atoms with Gasteiger partial charge in [0.2, 0.25) is 0 Å². The molecule has 0 aliphatic carbocycles. The number of pyridine rings is 1. The molecular formula is C12H12N4. The molecule has 80 valence electrons. The topological polar surface area (TPSA) is 40.9 Å². The highest BCUT2D eigenvalue weighted by Crippen LogP contribution is 2.19. The molecule has 0 bridgehead atoms. The Morgan fingerprint density at radius 2 is 2.31 bits per heavy atom. The Hall–Kier alpha value is -1.97. The predicted molar refractivity (Wildman–Crippen MR) is 65.3 cm³/mol. The average Bonchev–Trinajstić information content (AvgIpc) is 2.39. The van der Waals surface area contributed by atoms with Crippen LogP contribution in [0.5, 0.6) is 0 Å². The van der Waals surface area contributed by atoms with Crippen molar-refractivity contribution in [1.29, 1.82) is 0 Å². The van der Waals surface area contributed by atoms with Crippen LogP contribution in [0, 0.1) is 0 Å². The normalized spacial score (nSPS) is 22.9. The second kappa shape index (κ2) is 3.89. The summed E-state index contributed by atoms with van der Waals surface area (Å²) in [6.07, 6.45) is 7.59. The Balaban J connectivity index is 1.96. The minimum atomic E-state index is 0.00801. The summed E-state index contributed by atoms with van der Waals surface area (Å²) in [5, 5.41) is 0.